The lowest BCUT2D eigenvalue weighted by Gasteiger charge is -2.22. The van der Waals surface area contributed by atoms with E-state index in [9.17, 15) is 9.18 Å². The number of hydrogen-bond donors (Lipinski definition) is 0. The zero-order valence-electron chi connectivity index (χ0n) is 16.9. The predicted molar refractivity (Wildman–Crippen MR) is 106 cm³/mol. The van der Waals surface area contributed by atoms with Crippen molar-refractivity contribution >= 4 is 17.4 Å². The summed E-state index contributed by atoms with van der Waals surface area (Å²) in [5.74, 6) is 0.196. The summed E-state index contributed by atoms with van der Waals surface area (Å²) in [6.45, 7) is 6.98. The minimum Gasteiger partial charge on any atom is -0.359 e. The van der Waals surface area contributed by atoms with Crippen LogP contribution in [0.5, 0.6) is 0 Å². The van der Waals surface area contributed by atoms with Gasteiger partial charge in [0.25, 0.3) is 5.91 Å². The largest absolute Gasteiger partial charge is 0.359 e. The molecule has 6 nitrogen and oxygen atoms in total. The Morgan fingerprint density at radius 2 is 2.18 bits per heavy atom. The fourth-order valence-electron chi connectivity index (χ4n) is 3.57. The number of aromatic nitrogens is 2. The average Bonchev–Trinajstić information content (AvgIpc) is 3.03. The predicted octanol–water partition coefficient (Wildman–Crippen LogP) is 4.28. The van der Waals surface area contributed by atoms with Crippen molar-refractivity contribution < 1.29 is 13.9 Å². The summed E-state index contributed by atoms with van der Waals surface area (Å²) < 4.78 is 21.0. The molecule has 28 heavy (non-hydrogen) atoms. The molecule has 0 aliphatic carbocycles. The van der Waals surface area contributed by atoms with Gasteiger partial charge in [-0.1, -0.05) is 19.9 Å². The second-order valence-electron chi connectivity index (χ2n) is 7.03. The van der Waals surface area contributed by atoms with E-state index in [1.165, 1.54) is 12.1 Å². The summed E-state index contributed by atoms with van der Waals surface area (Å²) in [5, 5.41) is 4.74. The molecule has 0 radical (unpaired) electrons. The smallest absolute Gasteiger partial charge is 0.254 e. The highest BCUT2D eigenvalue weighted by molar-refractivity contribution is 5.94. The zero-order chi connectivity index (χ0) is 20.3. The molecule has 2 heterocycles. The molecule has 150 valence electrons. The number of aliphatic imine (C=N–C) groups is 1. The fourth-order valence-corrected chi connectivity index (χ4v) is 3.57. The molecular weight excluding hydrogens is 359 g/mol. The Morgan fingerprint density at radius 1 is 1.39 bits per heavy atom. The zero-order valence-corrected chi connectivity index (χ0v) is 16.9. The maximum Gasteiger partial charge on any atom is 0.254 e. The van der Waals surface area contributed by atoms with Crippen LogP contribution in [-0.4, -0.2) is 40.0 Å². The number of nitrogens with zero attached hydrogens (tertiary/aromatic N) is 4. The number of hydrogen-bond acceptors (Lipinski definition) is 4. The summed E-state index contributed by atoms with van der Waals surface area (Å²) in [5.41, 5.74) is 3.19. The molecule has 0 saturated heterocycles. The minimum atomic E-state index is -0.415. The lowest BCUT2D eigenvalue weighted by molar-refractivity contribution is 0.0388. The molecule has 1 unspecified atom stereocenters. The van der Waals surface area contributed by atoms with E-state index < -0.39 is 5.82 Å². The van der Waals surface area contributed by atoms with E-state index in [-0.39, 0.29) is 12.1 Å². The fraction of sp³-hybridized carbons (Fsp3) is 0.476. The lowest BCUT2D eigenvalue weighted by atomic mass is 10.1. The maximum atomic E-state index is 13.6. The van der Waals surface area contributed by atoms with E-state index in [0.717, 1.165) is 35.6 Å². The number of benzene rings is 1. The number of carbonyl (C=O) groups is 1. The SMILES string of the molecule is CCCN(Cc1nn2c(c1CC)N=C(C)CC2OC)C(=O)c1cccc(F)c1. The van der Waals surface area contributed by atoms with Crippen molar-refractivity contribution in [2.75, 3.05) is 13.7 Å². The van der Waals surface area contributed by atoms with Gasteiger partial charge in [0.1, 0.15) is 5.82 Å². The van der Waals surface area contributed by atoms with Gasteiger partial charge in [0, 0.05) is 36.9 Å². The number of fused-ring (bicyclic) bond motifs is 1. The first-order valence-electron chi connectivity index (χ1n) is 9.70. The summed E-state index contributed by atoms with van der Waals surface area (Å²) in [6, 6.07) is 5.81. The third-order valence-electron chi connectivity index (χ3n) is 4.92. The Hall–Kier alpha value is -2.54. The summed E-state index contributed by atoms with van der Waals surface area (Å²) in [7, 11) is 1.66. The summed E-state index contributed by atoms with van der Waals surface area (Å²) in [6.07, 6.45) is 2.06. The van der Waals surface area contributed by atoms with Gasteiger partial charge < -0.3 is 9.64 Å². The van der Waals surface area contributed by atoms with Gasteiger partial charge in [-0.2, -0.15) is 5.10 Å². The number of halogens is 1. The van der Waals surface area contributed by atoms with Crippen LogP contribution in [-0.2, 0) is 17.7 Å². The Morgan fingerprint density at radius 3 is 2.82 bits per heavy atom. The molecule has 3 rings (SSSR count). The van der Waals surface area contributed by atoms with Crippen LogP contribution in [0.15, 0.2) is 29.3 Å². The Balaban J connectivity index is 1.95. The normalized spacial score (nSPS) is 15.9. The van der Waals surface area contributed by atoms with E-state index in [4.69, 9.17) is 9.84 Å². The van der Waals surface area contributed by atoms with Crippen LogP contribution < -0.4 is 0 Å². The van der Waals surface area contributed by atoms with E-state index in [2.05, 4.69) is 11.9 Å². The van der Waals surface area contributed by atoms with Gasteiger partial charge in [-0.25, -0.2) is 14.1 Å². The molecule has 1 aliphatic heterocycles. The number of rotatable bonds is 7. The van der Waals surface area contributed by atoms with Crippen molar-refractivity contribution in [2.45, 2.75) is 52.8 Å². The molecule has 1 aromatic heterocycles. The Bertz CT molecular complexity index is 891. The second-order valence-corrected chi connectivity index (χ2v) is 7.03. The summed E-state index contributed by atoms with van der Waals surface area (Å²) >= 11 is 0. The standard InChI is InChI=1S/C21H27FN4O2/c1-5-10-25(21(27)15-8-7-9-16(22)12-15)13-18-17(6-2)20-23-14(3)11-19(28-4)26(20)24-18/h7-9,12,19H,5-6,10-11,13H2,1-4H3. The van der Waals surface area contributed by atoms with Gasteiger partial charge in [-0.3, -0.25) is 4.79 Å². The minimum absolute atomic E-state index is 0.190. The van der Waals surface area contributed by atoms with Crippen molar-refractivity contribution in [3.63, 3.8) is 0 Å². The van der Waals surface area contributed by atoms with Gasteiger partial charge in [-0.15, -0.1) is 0 Å². The molecule has 1 atom stereocenters. The van der Waals surface area contributed by atoms with Crippen molar-refractivity contribution in [3.8, 4) is 0 Å². The Labute approximate surface area is 165 Å². The van der Waals surface area contributed by atoms with Crippen LogP contribution in [0, 0.1) is 5.82 Å². The molecule has 0 bridgehead atoms. The number of amides is 1. The van der Waals surface area contributed by atoms with Crippen LogP contribution in [0.4, 0.5) is 10.2 Å². The number of carbonyl (C=O) groups excluding carboxylic acids is 1. The first-order valence-corrected chi connectivity index (χ1v) is 9.70. The Kier molecular flexibility index (Phi) is 6.24. The lowest BCUT2D eigenvalue weighted by Crippen LogP contribution is -2.32. The third kappa shape index (κ3) is 3.99. The van der Waals surface area contributed by atoms with E-state index in [0.29, 0.717) is 25.1 Å². The quantitative estimate of drug-likeness (QED) is 0.714. The first-order chi connectivity index (χ1) is 13.5. The molecule has 0 N–H and O–H groups in total. The van der Waals surface area contributed by atoms with E-state index in [1.807, 2.05) is 18.5 Å². The molecule has 1 aromatic carbocycles. The van der Waals surface area contributed by atoms with Crippen molar-refractivity contribution in [2.24, 2.45) is 4.99 Å². The monoisotopic (exact) mass is 386 g/mol. The molecule has 0 spiro atoms. The molecule has 1 amide bonds. The van der Waals surface area contributed by atoms with Crippen molar-refractivity contribution in [3.05, 3.63) is 46.9 Å². The molecular formula is C21H27FN4O2. The van der Waals surface area contributed by atoms with Crippen molar-refractivity contribution in [1.82, 2.24) is 14.7 Å². The van der Waals surface area contributed by atoms with Crippen LogP contribution in [0.1, 0.15) is 61.5 Å². The highest BCUT2D eigenvalue weighted by Gasteiger charge is 2.28. The number of ether oxygens (including phenoxy) is 1. The second kappa shape index (κ2) is 8.65. The average molecular weight is 386 g/mol. The van der Waals surface area contributed by atoms with Crippen molar-refractivity contribution in [1.29, 1.82) is 0 Å². The third-order valence-corrected chi connectivity index (χ3v) is 4.92. The summed E-state index contributed by atoms with van der Waals surface area (Å²) in [4.78, 5) is 19.4. The first kappa shape index (κ1) is 20.2. The van der Waals surface area contributed by atoms with E-state index >= 15 is 0 Å². The van der Waals surface area contributed by atoms with Crippen LogP contribution >= 0.6 is 0 Å². The molecule has 0 saturated carbocycles. The van der Waals surface area contributed by atoms with Crippen LogP contribution in [0.3, 0.4) is 0 Å². The van der Waals surface area contributed by atoms with Gasteiger partial charge >= 0.3 is 0 Å². The van der Waals surface area contributed by atoms with Gasteiger partial charge in [-0.05, 0) is 38.0 Å². The maximum absolute atomic E-state index is 13.6. The number of methoxy groups -OCH3 is 1. The highest BCUT2D eigenvalue weighted by atomic mass is 19.1. The molecule has 0 fully saturated rings. The topological polar surface area (TPSA) is 59.7 Å². The molecule has 7 heteroatoms. The molecule has 2 aromatic rings. The van der Waals surface area contributed by atoms with Crippen LogP contribution in [0.2, 0.25) is 0 Å². The van der Waals surface area contributed by atoms with Gasteiger partial charge in [0.05, 0.1) is 12.2 Å². The van der Waals surface area contributed by atoms with E-state index in [1.54, 1.807) is 24.1 Å². The van der Waals surface area contributed by atoms with Gasteiger partial charge in [0.15, 0.2) is 12.0 Å². The molecule has 1 aliphatic rings. The van der Waals surface area contributed by atoms with Crippen LogP contribution in [0.25, 0.3) is 0 Å². The van der Waals surface area contributed by atoms with Gasteiger partial charge in [0.2, 0.25) is 0 Å². The highest BCUT2D eigenvalue weighted by Crippen LogP contribution is 2.33.